The van der Waals surface area contributed by atoms with Gasteiger partial charge >= 0.3 is 6.09 Å². The van der Waals surface area contributed by atoms with Gasteiger partial charge in [0.15, 0.2) is 5.60 Å². The molecule has 2 aromatic carbocycles. The number of carbonyl (C=O) groups excluding carboxylic acids is 1. The van der Waals surface area contributed by atoms with Crippen LogP contribution in [0.2, 0.25) is 0 Å². The molecule has 3 rings (SSSR count). The summed E-state index contributed by atoms with van der Waals surface area (Å²) in [5.74, 6) is -0.338. The summed E-state index contributed by atoms with van der Waals surface area (Å²) in [5, 5.41) is 9.26. The molecule has 2 unspecified atom stereocenters. The minimum absolute atomic E-state index is 0.00274. The third-order valence-corrected chi connectivity index (χ3v) is 5.40. The number of cyclic esters (lactones) is 1. The number of hydrogen-bond acceptors (Lipinski definition) is 3. The van der Waals surface area contributed by atoms with Crippen LogP contribution in [0, 0.1) is 5.82 Å². The van der Waals surface area contributed by atoms with Gasteiger partial charge in [-0.3, -0.25) is 4.90 Å². The van der Waals surface area contributed by atoms with Crippen LogP contribution in [0.1, 0.15) is 36.9 Å². The van der Waals surface area contributed by atoms with Gasteiger partial charge in [0, 0.05) is 11.1 Å². The van der Waals surface area contributed by atoms with E-state index in [1.165, 1.54) is 12.1 Å². The van der Waals surface area contributed by atoms with Crippen molar-refractivity contribution in [2.75, 3.05) is 13.2 Å². The van der Waals surface area contributed by atoms with Crippen molar-refractivity contribution in [2.24, 2.45) is 0 Å². The highest BCUT2D eigenvalue weighted by atomic mass is 79.9. The Bertz CT molecular complexity index is 766. The average molecular weight is 422 g/mol. The van der Waals surface area contributed by atoms with Crippen molar-refractivity contribution in [3.05, 3.63) is 69.9 Å². The first kappa shape index (κ1) is 18.9. The molecule has 1 saturated heterocycles. The highest BCUT2D eigenvalue weighted by Crippen LogP contribution is 2.40. The van der Waals surface area contributed by atoms with Crippen LogP contribution >= 0.6 is 15.9 Å². The van der Waals surface area contributed by atoms with Crippen molar-refractivity contribution in [2.45, 2.75) is 31.4 Å². The maximum atomic E-state index is 13.3. The second kappa shape index (κ2) is 7.76. The Hall–Kier alpha value is -1.92. The first-order chi connectivity index (χ1) is 12.4. The van der Waals surface area contributed by atoms with E-state index >= 15 is 0 Å². The van der Waals surface area contributed by atoms with E-state index < -0.39 is 11.7 Å². The molecule has 0 aromatic heterocycles. The van der Waals surface area contributed by atoms with Gasteiger partial charge in [-0.1, -0.05) is 40.2 Å². The van der Waals surface area contributed by atoms with Gasteiger partial charge in [0.05, 0.1) is 12.6 Å². The number of ether oxygens (including phenoxy) is 1. The molecule has 1 aliphatic rings. The summed E-state index contributed by atoms with van der Waals surface area (Å²) in [6.07, 6.45) is 0.568. The lowest BCUT2D eigenvalue weighted by Crippen LogP contribution is -2.33. The second-order valence-electron chi connectivity index (χ2n) is 6.55. The Morgan fingerprint density at radius 2 is 1.88 bits per heavy atom. The van der Waals surface area contributed by atoms with Gasteiger partial charge in [-0.2, -0.15) is 0 Å². The third-order valence-electron chi connectivity index (χ3n) is 4.87. The van der Waals surface area contributed by atoms with E-state index in [1.807, 2.05) is 31.2 Å². The molecule has 1 aliphatic heterocycles. The molecular formula is C20H21BrFNO3. The molecule has 0 spiro atoms. The topological polar surface area (TPSA) is 49.8 Å². The van der Waals surface area contributed by atoms with Gasteiger partial charge in [-0.15, -0.1) is 0 Å². The number of nitrogens with zero attached hydrogens (tertiary/aromatic N) is 1. The molecule has 0 radical (unpaired) electrons. The zero-order chi connectivity index (χ0) is 18.7. The van der Waals surface area contributed by atoms with E-state index in [4.69, 9.17) is 4.74 Å². The first-order valence-corrected chi connectivity index (χ1v) is 9.36. The van der Waals surface area contributed by atoms with Crippen molar-refractivity contribution in [3.8, 4) is 0 Å². The number of hydrogen-bond donors (Lipinski definition) is 1. The predicted octanol–water partition coefficient (Wildman–Crippen LogP) is 4.77. The first-order valence-electron chi connectivity index (χ1n) is 8.57. The van der Waals surface area contributed by atoms with Crippen molar-refractivity contribution in [1.82, 2.24) is 4.90 Å². The molecule has 1 heterocycles. The van der Waals surface area contributed by atoms with Gasteiger partial charge in [0.1, 0.15) is 5.82 Å². The van der Waals surface area contributed by atoms with E-state index in [0.717, 1.165) is 15.6 Å². The summed E-state index contributed by atoms with van der Waals surface area (Å²) < 4.78 is 20.1. The zero-order valence-corrected chi connectivity index (χ0v) is 16.1. The molecule has 0 saturated carbocycles. The maximum Gasteiger partial charge on any atom is 0.411 e. The van der Waals surface area contributed by atoms with Gasteiger partial charge in [-0.25, -0.2) is 9.18 Å². The van der Waals surface area contributed by atoms with E-state index in [0.29, 0.717) is 19.4 Å². The molecule has 1 amide bonds. The second-order valence-corrected chi connectivity index (χ2v) is 7.47. The van der Waals surface area contributed by atoms with Gasteiger partial charge in [-0.05, 0) is 55.2 Å². The molecule has 138 valence electrons. The van der Waals surface area contributed by atoms with Crippen LogP contribution in [-0.4, -0.2) is 29.3 Å². The lowest BCUT2D eigenvalue weighted by molar-refractivity contribution is 0.0409. The van der Waals surface area contributed by atoms with Gasteiger partial charge in [0.25, 0.3) is 0 Å². The fourth-order valence-corrected chi connectivity index (χ4v) is 3.62. The van der Waals surface area contributed by atoms with E-state index in [1.54, 1.807) is 17.0 Å². The monoisotopic (exact) mass is 421 g/mol. The van der Waals surface area contributed by atoms with Crippen molar-refractivity contribution < 1.29 is 19.0 Å². The Kier molecular flexibility index (Phi) is 5.63. The summed E-state index contributed by atoms with van der Waals surface area (Å²) >= 11 is 3.41. The highest BCUT2D eigenvalue weighted by molar-refractivity contribution is 9.10. The maximum absolute atomic E-state index is 13.3. The number of carbonyl (C=O) groups is 1. The van der Waals surface area contributed by atoms with Crippen molar-refractivity contribution in [1.29, 1.82) is 0 Å². The van der Waals surface area contributed by atoms with Crippen LogP contribution in [0.15, 0.2) is 53.0 Å². The largest absolute Gasteiger partial charge is 0.436 e. The predicted molar refractivity (Wildman–Crippen MR) is 100 cm³/mol. The van der Waals surface area contributed by atoms with Crippen LogP contribution in [0.5, 0.6) is 0 Å². The Labute approximate surface area is 160 Å². The van der Waals surface area contributed by atoms with Crippen molar-refractivity contribution in [3.63, 3.8) is 0 Å². The molecule has 1 fully saturated rings. The van der Waals surface area contributed by atoms with Crippen LogP contribution < -0.4 is 0 Å². The molecular weight excluding hydrogens is 401 g/mol. The standard InChI is InChI=1S/C20H21BrFNO3/c1-14(15-3-7-17(21)8-4-15)23-13-20(11-2-12-24,26-19(23)25)16-5-9-18(22)10-6-16/h3-10,14,24H,2,11-13H2,1H3. The molecule has 2 aromatic rings. The zero-order valence-electron chi connectivity index (χ0n) is 14.5. The van der Waals surface area contributed by atoms with Crippen LogP contribution in [-0.2, 0) is 10.3 Å². The summed E-state index contributed by atoms with van der Waals surface area (Å²) in [6.45, 7) is 2.31. The Balaban J connectivity index is 1.89. The number of benzene rings is 2. The lowest BCUT2D eigenvalue weighted by atomic mass is 9.88. The average Bonchev–Trinajstić information content (AvgIpc) is 2.98. The van der Waals surface area contributed by atoms with Crippen molar-refractivity contribution >= 4 is 22.0 Å². The Morgan fingerprint density at radius 1 is 1.23 bits per heavy atom. The molecule has 1 N–H and O–H groups in total. The lowest BCUT2D eigenvalue weighted by Gasteiger charge is -2.28. The summed E-state index contributed by atoms with van der Waals surface area (Å²) in [4.78, 5) is 14.3. The number of rotatable bonds is 6. The van der Waals surface area contributed by atoms with E-state index in [-0.39, 0.29) is 18.5 Å². The molecule has 0 bridgehead atoms. The van der Waals surface area contributed by atoms with Gasteiger partial charge < -0.3 is 9.84 Å². The van der Waals surface area contributed by atoms with Crippen LogP contribution in [0.25, 0.3) is 0 Å². The summed E-state index contributed by atoms with van der Waals surface area (Å²) in [5.41, 5.74) is 0.866. The van der Waals surface area contributed by atoms with Crippen LogP contribution in [0.4, 0.5) is 9.18 Å². The molecule has 26 heavy (non-hydrogen) atoms. The highest BCUT2D eigenvalue weighted by Gasteiger charge is 2.47. The fourth-order valence-electron chi connectivity index (χ4n) is 3.36. The third kappa shape index (κ3) is 3.76. The summed E-state index contributed by atoms with van der Waals surface area (Å²) in [7, 11) is 0. The van der Waals surface area contributed by atoms with Crippen LogP contribution in [0.3, 0.4) is 0 Å². The fraction of sp³-hybridized carbons (Fsp3) is 0.350. The number of aliphatic hydroxyl groups excluding tert-OH is 1. The Morgan fingerprint density at radius 3 is 2.50 bits per heavy atom. The van der Waals surface area contributed by atoms with E-state index in [9.17, 15) is 14.3 Å². The normalized spacial score (nSPS) is 20.9. The minimum atomic E-state index is -0.878. The smallest absolute Gasteiger partial charge is 0.411 e. The number of halogens is 2. The molecule has 4 nitrogen and oxygen atoms in total. The quantitative estimate of drug-likeness (QED) is 0.730. The number of aliphatic hydroxyl groups is 1. The molecule has 6 heteroatoms. The molecule has 2 atom stereocenters. The molecule has 0 aliphatic carbocycles. The minimum Gasteiger partial charge on any atom is -0.436 e. The SMILES string of the molecule is CC(c1ccc(Br)cc1)N1CC(CCCO)(c2ccc(F)cc2)OC1=O. The van der Waals surface area contributed by atoms with E-state index in [2.05, 4.69) is 15.9 Å². The number of amides is 1. The van der Waals surface area contributed by atoms with Gasteiger partial charge in [0.2, 0.25) is 0 Å². The summed E-state index contributed by atoms with van der Waals surface area (Å²) in [6, 6.07) is 13.7.